The summed E-state index contributed by atoms with van der Waals surface area (Å²) in [7, 11) is 1.59. The van der Waals surface area contributed by atoms with Crippen LogP contribution in [0, 0.1) is 11.3 Å². The van der Waals surface area contributed by atoms with Gasteiger partial charge in [0.05, 0.1) is 12.7 Å². The average molecular weight is 434 g/mol. The molecule has 0 saturated carbocycles. The molecule has 0 aliphatic carbocycles. The van der Waals surface area contributed by atoms with E-state index in [9.17, 15) is 10.1 Å². The van der Waals surface area contributed by atoms with Crippen LogP contribution in [0.4, 0.5) is 5.00 Å². The van der Waals surface area contributed by atoms with E-state index in [2.05, 4.69) is 28.4 Å². The standard InChI is InChI=1S/C24H23N3O3S/c1-29-18-7-9-19(10-8-18)30-16-23(28)26-24-21(13-25)20-11-12-27(15-22(20)31-24)14-17-5-3-2-4-6-17/h2-10H,11-12,14-16H2,1H3,(H,26,28). The zero-order valence-corrected chi connectivity index (χ0v) is 18.1. The number of nitrogens with one attached hydrogen (secondary N) is 1. The Morgan fingerprint density at radius 2 is 1.90 bits per heavy atom. The van der Waals surface area contributed by atoms with E-state index < -0.39 is 0 Å². The van der Waals surface area contributed by atoms with E-state index in [-0.39, 0.29) is 12.5 Å². The van der Waals surface area contributed by atoms with Crippen LogP contribution >= 0.6 is 11.3 Å². The van der Waals surface area contributed by atoms with Gasteiger partial charge in [0, 0.05) is 24.5 Å². The quantitative estimate of drug-likeness (QED) is 0.604. The van der Waals surface area contributed by atoms with Gasteiger partial charge in [0.2, 0.25) is 0 Å². The van der Waals surface area contributed by atoms with Crippen LogP contribution in [0.25, 0.3) is 0 Å². The van der Waals surface area contributed by atoms with Crippen molar-refractivity contribution in [2.75, 3.05) is 25.6 Å². The van der Waals surface area contributed by atoms with Crippen LogP contribution in [-0.2, 0) is 24.3 Å². The van der Waals surface area contributed by atoms with Gasteiger partial charge in [-0.05, 0) is 41.8 Å². The van der Waals surface area contributed by atoms with E-state index in [4.69, 9.17) is 9.47 Å². The van der Waals surface area contributed by atoms with Gasteiger partial charge in [-0.3, -0.25) is 9.69 Å². The van der Waals surface area contributed by atoms with E-state index in [1.54, 1.807) is 31.4 Å². The zero-order valence-electron chi connectivity index (χ0n) is 17.3. The third-order valence-corrected chi connectivity index (χ3v) is 6.31. The first-order valence-electron chi connectivity index (χ1n) is 10.0. The van der Waals surface area contributed by atoms with Gasteiger partial charge in [-0.25, -0.2) is 0 Å². The van der Waals surface area contributed by atoms with Crippen LogP contribution in [0.2, 0.25) is 0 Å². The number of carbonyl (C=O) groups is 1. The molecule has 31 heavy (non-hydrogen) atoms. The van der Waals surface area contributed by atoms with Gasteiger partial charge in [0.1, 0.15) is 22.6 Å². The summed E-state index contributed by atoms with van der Waals surface area (Å²) in [6.07, 6.45) is 0.805. The summed E-state index contributed by atoms with van der Waals surface area (Å²) < 4.78 is 10.7. The van der Waals surface area contributed by atoms with Crippen molar-refractivity contribution in [3.8, 4) is 17.6 Å². The van der Waals surface area contributed by atoms with Gasteiger partial charge in [-0.2, -0.15) is 5.26 Å². The molecule has 7 heteroatoms. The van der Waals surface area contributed by atoms with Gasteiger partial charge >= 0.3 is 0 Å². The van der Waals surface area contributed by atoms with E-state index in [0.29, 0.717) is 16.3 Å². The number of hydrogen-bond acceptors (Lipinski definition) is 6. The second kappa shape index (κ2) is 9.65. The Labute approximate surface area is 185 Å². The molecule has 0 radical (unpaired) electrons. The minimum Gasteiger partial charge on any atom is -0.497 e. The molecule has 1 aromatic heterocycles. The Kier molecular flexibility index (Phi) is 6.51. The molecule has 4 rings (SSSR count). The highest BCUT2D eigenvalue weighted by Crippen LogP contribution is 2.37. The number of benzene rings is 2. The number of rotatable bonds is 7. The first-order chi connectivity index (χ1) is 15.2. The second-order valence-corrected chi connectivity index (χ2v) is 8.38. The molecule has 6 nitrogen and oxygen atoms in total. The predicted molar refractivity (Wildman–Crippen MR) is 120 cm³/mol. The summed E-state index contributed by atoms with van der Waals surface area (Å²) in [5, 5.41) is 13.2. The Balaban J connectivity index is 1.39. The highest BCUT2D eigenvalue weighted by Gasteiger charge is 2.25. The first-order valence-corrected chi connectivity index (χ1v) is 10.9. The molecule has 2 aromatic carbocycles. The number of anilines is 1. The van der Waals surface area contributed by atoms with Gasteiger partial charge in [0.15, 0.2) is 6.61 Å². The Hall–Kier alpha value is -3.34. The van der Waals surface area contributed by atoms with Gasteiger partial charge in [-0.1, -0.05) is 30.3 Å². The van der Waals surface area contributed by atoms with Gasteiger partial charge in [0.25, 0.3) is 5.91 Å². The maximum atomic E-state index is 12.4. The smallest absolute Gasteiger partial charge is 0.262 e. The van der Waals surface area contributed by atoms with Crippen LogP contribution in [0.3, 0.4) is 0 Å². The number of hydrogen-bond donors (Lipinski definition) is 1. The van der Waals surface area contributed by atoms with Crippen molar-refractivity contribution in [3.05, 3.63) is 76.2 Å². The summed E-state index contributed by atoms with van der Waals surface area (Å²) in [5.74, 6) is 1.02. The molecule has 3 aromatic rings. The fourth-order valence-corrected chi connectivity index (χ4v) is 4.88. The molecule has 0 unspecified atom stereocenters. The molecule has 0 bridgehead atoms. The SMILES string of the molecule is COc1ccc(OCC(=O)Nc2sc3c(c2C#N)CCN(Cc2ccccc2)C3)cc1. The summed E-state index contributed by atoms with van der Waals surface area (Å²) in [6, 6.07) is 19.7. The number of amides is 1. The number of nitriles is 1. The van der Waals surface area contributed by atoms with Crippen LogP contribution in [0.5, 0.6) is 11.5 Å². The lowest BCUT2D eigenvalue weighted by Gasteiger charge is -2.26. The summed E-state index contributed by atoms with van der Waals surface area (Å²) >= 11 is 1.49. The Bertz CT molecular complexity index is 1090. The first kappa shape index (κ1) is 20.9. The van der Waals surface area contributed by atoms with Crippen molar-refractivity contribution in [1.29, 1.82) is 5.26 Å². The van der Waals surface area contributed by atoms with Crippen LogP contribution < -0.4 is 14.8 Å². The van der Waals surface area contributed by atoms with E-state index in [0.717, 1.165) is 42.2 Å². The predicted octanol–water partition coefficient (Wildman–Crippen LogP) is 4.20. The van der Waals surface area contributed by atoms with Gasteiger partial charge in [-0.15, -0.1) is 11.3 Å². The highest BCUT2D eigenvalue weighted by atomic mass is 32.1. The molecule has 0 saturated heterocycles. The number of nitrogens with zero attached hydrogens (tertiary/aromatic N) is 2. The van der Waals surface area contributed by atoms with E-state index in [1.807, 2.05) is 18.2 Å². The summed E-state index contributed by atoms with van der Waals surface area (Å²) in [4.78, 5) is 15.9. The fraction of sp³-hybridized carbons (Fsp3) is 0.250. The highest BCUT2D eigenvalue weighted by molar-refractivity contribution is 7.16. The van der Waals surface area contributed by atoms with E-state index >= 15 is 0 Å². The average Bonchev–Trinajstić information content (AvgIpc) is 3.14. The number of ether oxygens (including phenoxy) is 2. The van der Waals surface area contributed by atoms with Crippen molar-refractivity contribution in [2.24, 2.45) is 0 Å². The number of fused-ring (bicyclic) bond motifs is 1. The lowest BCUT2D eigenvalue weighted by atomic mass is 10.0. The van der Waals surface area contributed by atoms with Crippen LogP contribution in [0.15, 0.2) is 54.6 Å². The van der Waals surface area contributed by atoms with Crippen molar-refractivity contribution in [3.63, 3.8) is 0 Å². The minimum absolute atomic E-state index is 0.125. The Morgan fingerprint density at radius 3 is 2.61 bits per heavy atom. The van der Waals surface area contributed by atoms with Crippen molar-refractivity contribution >= 4 is 22.2 Å². The van der Waals surface area contributed by atoms with Crippen LogP contribution in [0.1, 0.15) is 21.6 Å². The monoisotopic (exact) mass is 433 g/mol. The molecule has 1 aliphatic heterocycles. The molecule has 0 spiro atoms. The fourth-order valence-electron chi connectivity index (χ4n) is 3.62. The van der Waals surface area contributed by atoms with Crippen molar-refractivity contribution < 1.29 is 14.3 Å². The largest absolute Gasteiger partial charge is 0.497 e. The number of thiophene rings is 1. The lowest BCUT2D eigenvalue weighted by Crippen LogP contribution is -2.29. The molecule has 1 aliphatic rings. The second-order valence-electron chi connectivity index (χ2n) is 7.28. The van der Waals surface area contributed by atoms with Gasteiger partial charge < -0.3 is 14.8 Å². The minimum atomic E-state index is -0.285. The van der Waals surface area contributed by atoms with Crippen molar-refractivity contribution in [1.82, 2.24) is 4.90 Å². The molecule has 158 valence electrons. The Morgan fingerprint density at radius 1 is 1.16 bits per heavy atom. The third kappa shape index (κ3) is 5.05. The molecule has 1 N–H and O–H groups in total. The van der Waals surface area contributed by atoms with Crippen LogP contribution in [-0.4, -0.2) is 31.1 Å². The molecule has 2 heterocycles. The zero-order chi connectivity index (χ0) is 21.6. The summed E-state index contributed by atoms with van der Waals surface area (Å²) in [5.41, 5.74) is 2.91. The maximum absolute atomic E-state index is 12.4. The molecule has 1 amide bonds. The number of carbonyl (C=O) groups excluding carboxylic acids is 1. The molecule has 0 atom stereocenters. The molecular weight excluding hydrogens is 410 g/mol. The molecular formula is C24H23N3O3S. The summed E-state index contributed by atoms with van der Waals surface area (Å²) in [6.45, 7) is 2.42. The lowest BCUT2D eigenvalue weighted by molar-refractivity contribution is -0.118. The third-order valence-electron chi connectivity index (χ3n) is 5.18. The van der Waals surface area contributed by atoms with E-state index in [1.165, 1.54) is 16.9 Å². The molecule has 0 fully saturated rings. The number of methoxy groups -OCH3 is 1. The van der Waals surface area contributed by atoms with Crippen molar-refractivity contribution in [2.45, 2.75) is 19.5 Å². The maximum Gasteiger partial charge on any atom is 0.262 e. The normalized spacial score (nSPS) is 13.2. The topological polar surface area (TPSA) is 74.6 Å².